The summed E-state index contributed by atoms with van der Waals surface area (Å²) in [6.07, 6.45) is 8.07. The highest BCUT2D eigenvalue weighted by Crippen LogP contribution is 2.40. The zero-order valence-electron chi connectivity index (χ0n) is 14.8. The Morgan fingerprint density at radius 1 is 1.32 bits per heavy atom. The van der Waals surface area contributed by atoms with Gasteiger partial charge >= 0.3 is 0 Å². The van der Waals surface area contributed by atoms with Crippen molar-refractivity contribution in [3.05, 3.63) is 23.8 Å². The van der Waals surface area contributed by atoms with Gasteiger partial charge in [0.05, 0.1) is 11.8 Å². The molecule has 2 aromatic heterocycles. The molecule has 4 rings (SSSR count). The first-order valence-corrected chi connectivity index (χ1v) is 9.70. The summed E-state index contributed by atoms with van der Waals surface area (Å²) in [4.78, 5) is 21.3. The average Bonchev–Trinajstić information content (AvgIpc) is 3.18. The fraction of sp³-hybridized carbons (Fsp3) is 0.647. The number of hydrogen-bond acceptors (Lipinski definition) is 6. The zero-order chi connectivity index (χ0) is 17.4. The quantitative estimate of drug-likeness (QED) is 0.817. The third-order valence-corrected chi connectivity index (χ3v) is 5.88. The number of nitrogens with zero attached hydrogens (tertiary/aromatic N) is 6. The molecular weight excluding hydrogens is 336 g/mol. The lowest BCUT2D eigenvalue weighted by Crippen LogP contribution is -2.39. The molecule has 0 unspecified atom stereocenters. The molecule has 2 aromatic rings. The Morgan fingerprint density at radius 2 is 2.08 bits per heavy atom. The second kappa shape index (κ2) is 6.74. The molecule has 0 radical (unpaired) electrons. The average molecular weight is 360 g/mol. The van der Waals surface area contributed by atoms with Gasteiger partial charge in [0.1, 0.15) is 5.82 Å². The molecule has 3 heterocycles. The third-order valence-electron chi connectivity index (χ3n) is 5.09. The largest absolute Gasteiger partial charge is 0.347 e. The Hall–Kier alpha value is -1.96. The van der Waals surface area contributed by atoms with E-state index in [-0.39, 0.29) is 5.91 Å². The van der Waals surface area contributed by atoms with Gasteiger partial charge < -0.3 is 9.80 Å². The summed E-state index contributed by atoms with van der Waals surface area (Å²) >= 11 is 1.54. The van der Waals surface area contributed by atoms with Gasteiger partial charge in [0, 0.05) is 57.4 Å². The summed E-state index contributed by atoms with van der Waals surface area (Å²) in [5.74, 6) is 2.25. The number of piperidine rings is 1. The molecule has 1 aliphatic carbocycles. The fourth-order valence-electron chi connectivity index (χ4n) is 3.39. The molecule has 0 N–H and O–H groups in total. The summed E-state index contributed by atoms with van der Waals surface area (Å²) in [6.45, 7) is 2.79. The number of carbonyl (C=O) groups is 1. The van der Waals surface area contributed by atoms with E-state index in [0.29, 0.717) is 17.4 Å². The lowest BCUT2D eigenvalue weighted by molar-refractivity contribution is 0.0765. The summed E-state index contributed by atoms with van der Waals surface area (Å²) in [6, 6.07) is 0. The van der Waals surface area contributed by atoms with Gasteiger partial charge in [-0.1, -0.05) is 0 Å². The van der Waals surface area contributed by atoms with Gasteiger partial charge in [-0.05, 0) is 31.6 Å². The molecule has 1 aliphatic heterocycles. The predicted octanol–water partition coefficient (Wildman–Crippen LogP) is 2.14. The maximum Gasteiger partial charge on any atom is 0.256 e. The maximum atomic E-state index is 12.4. The second-order valence-electron chi connectivity index (χ2n) is 7.23. The Balaban J connectivity index is 1.28. The number of aryl methyl sites for hydroxylation is 1. The van der Waals surface area contributed by atoms with E-state index in [0.717, 1.165) is 43.4 Å². The van der Waals surface area contributed by atoms with Crippen LogP contribution in [-0.2, 0) is 7.05 Å². The normalized spacial score (nSPS) is 18.6. The van der Waals surface area contributed by atoms with E-state index < -0.39 is 0 Å². The topological polar surface area (TPSA) is 67.2 Å². The molecule has 1 saturated carbocycles. The number of anilines is 1. The SMILES string of the molecule is CN(CC1CCN(c2nc(C3CC3)ns2)CC1)C(=O)c1cnn(C)c1. The van der Waals surface area contributed by atoms with Crippen molar-refractivity contribution in [3.63, 3.8) is 0 Å². The molecule has 1 saturated heterocycles. The first-order valence-electron chi connectivity index (χ1n) is 8.93. The zero-order valence-corrected chi connectivity index (χ0v) is 15.6. The highest BCUT2D eigenvalue weighted by molar-refractivity contribution is 7.09. The minimum absolute atomic E-state index is 0.0497. The van der Waals surface area contributed by atoms with E-state index in [4.69, 9.17) is 4.98 Å². The molecule has 0 aromatic carbocycles. The minimum Gasteiger partial charge on any atom is -0.347 e. The van der Waals surface area contributed by atoms with Crippen molar-refractivity contribution < 1.29 is 4.79 Å². The molecule has 0 spiro atoms. The lowest BCUT2D eigenvalue weighted by Gasteiger charge is -2.33. The summed E-state index contributed by atoms with van der Waals surface area (Å²) < 4.78 is 6.17. The van der Waals surface area contributed by atoms with Crippen LogP contribution in [0.1, 0.15) is 47.8 Å². The third kappa shape index (κ3) is 3.68. The molecule has 2 fully saturated rings. The standard InChI is InChI=1S/C17H24N6OS/c1-21(16(24)14-9-18-22(2)11-14)10-12-5-7-23(8-6-12)17-19-15(20-25-17)13-3-4-13/h9,11-13H,3-8,10H2,1-2H3. The van der Waals surface area contributed by atoms with E-state index in [9.17, 15) is 4.79 Å². The second-order valence-corrected chi connectivity index (χ2v) is 7.96. The molecular formula is C17H24N6OS. The highest BCUT2D eigenvalue weighted by Gasteiger charge is 2.30. The smallest absolute Gasteiger partial charge is 0.256 e. The van der Waals surface area contributed by atoms with Crippen LogP contribution in [0.2, 0.25) is 0 Å². The van der Waals surface area contributed by atoms with Crippen molar-refractivity contribution in [1.82, 2.24) is 24.0 Å². The van der Waals surface area contributed by atoms with Crippen LogP contribution in [0, 0.1) is 5.92 Å². The number of carbonyl (C=O) groups excluding carboxylic acids is 1. The van der Waals surface area contributed by atoms with E-state index in [1.165, 1.54) is 24.4 Å². The molecule has 25 heavy (non-hydrogen) atoms. The van der Waals surface area contributed by atoms with E-state index in [1.807, 2.05) is 19.0 Å². The highest BCUT2D eigenvalue weighted by atomic mass is 32.1. The van der Waals surface area contributed by atoms with Gasteiger partial charge in [-0.25, -0.2) is 4.98 Å². The molecule has 0 atom stereocenters. The summed E-state index contributed by atoms with van der Waals surface area (Å²) in [7, 11) is 3.71. The van der Waals surface area contributed by atoms with Gasteiger partial charge in [-0.2, -0.15) is 9.47 Å². The van der Waals surface area contributed by atoms with Crippen molar-refractivity contribution in [2.24, 2.45) is 13.0 Å². The Labute approximate surface area is 151 Å². The van der Waals surface area contributed by atoms with Crippen LogP contribution in [0.25, 0.3) is 0 Å². The van der Waals surface area contributed by atoms with Crippen molar-refractivity contribution in [2.75, 3.05) is 31.6 Å². The van der Waals surface area contributed by atoms with E-state index in [1.54, 1.807) is 17.1 Å². The van der Waals surface area contributed by atoms with Crippen LogP contribution in [0.15, 0.2) is 12.4 Å². The summed E-state index contributed by atoms with van der Waals surface area (Å²) in [5, 5.41) is 5.15. The van der Waals surface area contributed by atoms with Gasteiger partial charge in [-0.15, -0.1) is 0 Å². The number of rotatable bonds is 5. The molecule has 2 aliphatic rings. The number of aromatic nitrogens is 4. The minimum atomic E-state index is 0.0497. The molecule has 134 valence electrons. The number of amides is 1. The van der Waals surface area contributed by atoms with Crippen LogP contribution in [0.5, 0.6) is 0 Å². The van der Waals surface area contributed by atoms with Crippen molar-refractivity contribution in [2.45, 2.75) is 31.6 Å². The monoisotopic (exact) mass is 360 g/mol. The molecule has 8 heteroatoms. The van der Waals surface area contributed by atoms with Crippen molar-refractivity contribution in [1.29, 1.82) is 0 Å². The van der Waals surface area contributed by atoms with Crippen LogP contribution in [-0.4, -0.2) is 56.6 Å². The Kier molecular flexibility index (Phi) is 4.45. The van der Waals surface area contributed by atoms with Crippen LogP contribution < -0.4 is 4.90 Å². The van der Waals surface area contributed by atoms with Gasteiger partial charge in [-0.3, -0.25) is 9.48 Å². The van der Waals surface area contributed by atoms with Gasteiger partial charge in [0.15, 0.2) is 0 Å². The van der Waals surface area contributed by atoms with Crippen LogP contribution >= 0.6 is 11.5 Å². The Bertz CT molecular complexity index is 744. The lowest BCUT2D eigenvalue weighted by atomic mass is 9.96. The first-order chi connectivity index (χ1) is 12.1. The van der Waals surface area contributed by atoms with Crippen molar-refractivity contribution in [3.8, 4) is 0 Å². The molecule has 1 amide bonds. The van der Waals surface area contributed by atoms with Gasteiger partial charge in [0.2, 0.25) is 5.13 Å². The predicted molar refractivity (Wildman–Crippen MR) is 97.0 cm³/mol. The van der Waals surface area contributed by atoms with Crippen LogP contribution in [0.4, 0.5) is 5.13 Å². The summed E-state index contributed by atoms with van der Waals surface area (Å²) in [5.41, 5.74) is 0.656. The molecule has 0 bridgehead atoms. The number of hydrogen-bond donors (Lipinski definition) is 0. The fourth-order valence-corrected chi connectivity index (χ4v) is 4.19. The van der Waals surface area contributed by atoms with Gasteiger partial charge in [0.25, 0.3) is 5.91 Å². The Morgan fingerprint density at radius 3 is 2.72 bits per heavy atom. The van der Waals surface area contributed by atoms with Crippen LogP contribution in [0.3, 0.4) is 0 Å². The molecule has 7 nitrogen and oxygen atoms in total. The maximum absolute atomic E-state index is 12.4. The van der Waals surface area contributed by atoms with E-state index in [2.05, 4.69) is 14.4 Å². The van der Waals surface area contributed by atoms with E-state index >= 15 is 0 Å². The first kappa shape index (κ1) is 16.5. The van der Waals surface area contributed by atoms with Crippen molar-refractivity contribution >= 4 is 22.6 Å².